The molecule has 0 spiro atoms. The normalized spacial score (nSPS) is 11.2. The first-order chi connectivity index (χ1) is 9.65. The van der Waals surface area contributed by atoms with E-state index in [-0.39, 0.29) is 11.9 Å². The monoisotopic (exact) mass is 274 g/mol. The van der Waals surface area contributed by atoms with Crippen molar-refractivity contribution in [2.45, 2.75) is 39.5 Å². The van der Waals surface area contributed by atoms with E-state index < -0.39 is 0 Å². The van der Waals surface area contributed by atoms with E-state index in [1.807, 2.05) is 29.8 Å². The Labute approximate surface area is 119 Å². The van der Waals surface area contributed by atoms with Crippen molar-refractivity contribution in [2.75, 3.05) is 0 Å². The molecule has 1 aromatic heterocycles. The molecule has 0 aliphatic rings. The fourth-order valence-electron chi connectivity index (χ4n) is 2.46. The highest BCUT2D eigenvalue weighted by Crippen LogP contribution is 2.22. The SMILES string of the molecule is CCCC(CCC)C(=O)Oc1ccc2c(c1)ncn2C. The number of aromatic nitrogens is 2. The van der Waals surface area contributed by atoms with E-state index in [4.69, 9.17) is 4.74 Å². The molecule has 1 heterocycles. The molecule has 0 aliphatic heterocycles. The average molecular weight is 274 g/mol. The minimum atomic E-state index is -0.121. The number of nitrogens with zero attached hydrogens (tertiary/aromatic N) is 2. The molecule has 0 radical (unpaired) electrons. The predicted octanol–water partition coefficient (Wildman–Crippen LogP) is 3.70. The molecule has 2 aromatic rings. The highest BCUT2D eigenvalue weighted by atomic mass is 16.5. The molecular formula is C16H22N2O2. The molecule has 0 bridgehead atoms. The topological polar surface area (TPSA) is 44.1 Å². The van der Waals surface area contributed by atoms with Gasteiger partial charge in [0.15, 0.2) is 0 Å². The van der Waals surface area contributed by atoms with Gasteiger partial charge >= 0.3 is 5.97 Å². The first-order valence-electron chi connectivity index (χ1n) is 7.28. The lowest BCUT2D eigenvalue weighted by Gasteiger charge is -2.14. The molecule has 0 fully saturated rings. The van der Waals surface area contributed by atoms with Gasteiger partial charge in [0.25, 0.3) is 0 Å². The number of hydrogen-bond acceptors (Lipinski definition) is 3. The zero-order chi connectivity index (χ0) is 14.5. The van der Waals surface area contributed by atoms with E-state index in [2.05, 4.69) is 18.8 Å². The van der Waals surface area contributed by atoms with Gasteiger partial charge in [-0.25, -0.2) is 4.98 Å². The van der Waals surface area contributed by atoms with Gasteiger partial charge in [-0.15, -0.1) is 0 Å². The number of imidazole rings is 1. The summed E-state index contributed by atoms with van der Waals surface area (Å²) >= 11 is 0. The molecule has 20 heavy (non-hydrogen) atoms. The summed E-state index contributed by atoms with van der Waals surface area (Å²) in [5.41, 5.74) is 1.88. The fraction of sp³-hybridized carbons (Fsp3) is 0.500. The smallest absolute Gasteiger partial charge is 0.314 e. The number of aryl methyl sites for hydroxylation is 1. The van der Waals surface area contributed by atoms with Crippen LogP contribution in [0.2, 0.25) is 0 Å². The van der Waals surface area contributed by atoms with Crippen LogP contribution in [0.15, 0.2) is 24.5 Å². The van der Waals surface area contributed by atoms with Gasteiger partial charge in [0, 0.05) is 13.1 Å². The van der Waals surface area contributed by atoms with Gasteiger partial charge in [-0.2, -0.15) is 0 Å². The molecule has 4 nitrogen and oxygen atoms in total. The summed E-state index contributed by atoms with van der Waals surface area (Å²) in [6, 6.07) is 5.58. The van der Waals surface area contributed by atoms with Crippen molar-refractivity contribution in [1.82, 2.24) is 9.55 Å². The van der Waals surface area contributed by atoms with Crippen LogP contribution in [0.3, 0.4) is 0 Å². The van der Waals surface area contributed by atoms with Crippen molar-refractivity contribution in [3.05, 3.63) is 24.5 Å². The van der Waals surface area contributed by atoms with Crippen LogP contribution < -0.4 is 4.74 Å². The van der Waals surface area contributed by atoms with E-state index in [9.17, 15) is 4.79 Å². The van der Waals surface area contributed by atoms with Gasteiger partial charge in [0.2, 0.25) is 0 Å². The largest absolute Gasteiger partial charge is 0.426 e. The number of ether oxygens (including phenoxy) is 1. The van der Waals surface area contributed by atoms with Crippen molar-refractivity contribution < 1.29 is 9.53 Å². The zero-order valence-electron chi connectivity index (χ0n) is 12.4. The van der Waals surface area contributed by atoms with Crippen LogP contribution in [0.5, 0.6) is 5.75 Å². The molecule has 108 valence electrons. The van der Waals surface area contributed by atoms with Crippen LogP contribution in [0.4, 0.5) is 0 Å². The van der Waals surface area contributed by atoms with Crippen molar-refractivity contribution in [3.63, 3.8) is 0 Å². The van der Waals surface area contributed by atoms with Crippen LogP contribution in [-0.2, 0) is 11.8 Å². The van der Waals surface area contributed by atoms with Crippen LogP contribution in [0.1, 0.15) is 39.5 Å². The third-order valence-corrected chi connectivity index (χ3v) is 3.52. The van der Waals surface area contributed by atoms with E-state index in [1.165, 1.54) is 0 Å². The summed E-state index contributed by atoms with van der Waals surface area (Å²) < 4.78 is 7.45. The molecule has 0 saturated carbocycles. The Balaban J connectivity index is 2.11. The maximum atomic E-state index is 12.2. The van der Waals surface area contributed by atoms with Gasteiger partial charge in [-0.05, 0) is 25.0 Å². The number of hydrogen-bond donors (Lipinski definition) is 0. The number of esters is 1. The predicted molar refractivity (Wildman–Crippen MR) is 79.7 cm³/mol. The van der Waals surface area contributed by atoms with Crippen molar-refractivity contribution >= 4 is 17.0 Å². The molecule has 0 atom stereocenters. The maximum absolute atomic E-state index is 12.2. The quantitative estimate of drug-likeness (QED) is 0.596. The summed E-state index contributed by atoms with van der Waals surface area (Å²) in [5, 5.41) is 0. The molecule has 0 aliphatic carbocycles. The van der Waals surface area contributed by atoms with Crippen LogP contribution >= 0.6 is 0 Å². The Morgan fingerprint density at radius 1 is 1.30 bits per heavy atom. The Morgan fingerprint density at radius 2 is 2.00 bits per heavy atom. The average Bonchev–Trinajstić information content (AvgIpc) is 2.80. The van der Waals surface area contributed by atoms with Crippen molar-refractivity contribution in [1.29, 1.82) is 0 Å². The van der Waals surface area contributed by atoms with Crippen LogP contribution in [-0.4, -0.2) is 15.5 Å². The minimum absolute atomic E-state index is 0.00410. The lowest BCUT2D eigenvalue weighted by molar-refractivity contribution is -0.139. The van der Waals surface area contributed by atoms with Gasteiger partial charge < -0.3 is 9.30 Å². The van der Waals surface area contributed by atoms with Gasteiger partial charge in [0.1, 0.15) is 5.75 Å². The Kier molecular flexibility index (Phi) is 4.77. The van der Waals surface area contributed by atoms with Crippen molar-refractivity contribution in [3.8, 4) is 5.75 Å². The van der Waals surface area contributed by atoms with Crippen molar-refractivity contribution in [2.24, 2.45) is 13.0 Å². The summed E-state index contributed by atoms with van der Waals surface area (Å²) in [5.74, 6) is 0.465. The molecule has 4 heteroatoms. The van der Waals surface area contributed by atoms with Gasteiger partial charge in [0.05, 0.1) is 23.3 Å². The summed E-state index contributed by atoms with van der Waals surface area (Å²) in [4.78, 5) is 16.5. The molecule has 0 unspecified atom stereocenters. The number of fused-ring (bicyclic) bond motifs is 1. The molecule has 0 N–H and O–H groups in total. The Hall–Kier alpha value is -1.84. The Morgan fingerprint density at radius 3 is 2.65 bits per heavy atom. The minimum Gasteiger partial charge on any atom is -0.426 e. The van der Waals surface area contributed by atoms with E-state index in [1.54, 1.807) is 6.33 Å². The molecule has 0 saturated heterocycles. The van der Waals surface area contributed by atoms with Gasteiger partial charge in [-0.1, -0.05) is 26.7 Å². The first-order valence-corrected chi connectivity index (χ1v) is 7.28. The highest BCUT2D eigenvalue weighted by Gasteiger charge is 2.19. The second-order valence-corrected chi connectivity index (χ2v) is 5.20. The molecular weight excluding hydrogens is 252 g/mol. The van der Waals surface area contributed by atoms with Crippen LogP contribution in [0.25, 0.3) is 11.0 Å². The first kappa shape index (κ1) is 14.6. The standard InChI is InChI=1S/C16H22N2O2/c1-4-6-12(7-5-2)16(19)20-13-8-9-15-14(10-13)17-11-18(15)3/h8-12H,4-7H2,1-3H3. The third kappa shape index (κ3) is 3.18. The molecule has 0 amide bonds. The van der Waals surface area contributed by atoms with Crippen LogP contribution in [0, 0.1) is 5.92 Å². The summed E-state index contributed by atoms with van der Waals surface area (Å²) in [7, 11) is 1.94. The lowest BCUT2D eigenvalue weighted by Crippen LogP contribution is -2.20. The highest BCUT2D eigenvalue weighted by molar-refractivity contribution is 5.80. The van der Waals surface area contributed by atoms with Gasteiger partial charge in [-0.3, -0.25) is 4.79 Å². The second kappa shape index (κ2) is 6.55. The second-order valence-electron chi connectivity index (χ2n) is 5.20. The van der Waals surface area contributed by atoms with E-state index in [0.717, 1.165) is 36.7 Å². The Bertz CT molecular complexity index is 583. The number of rotatable bonds is 6. The molecule has 2 rings (SSSR count). The third-order valence-electron chi connectivity index (χ3n) is 3.52. The zero-order valence-corrected chi connectivity index (χ0v) is 12.4. The molecule has 1 aromatic carbocycles. The lowest BCUT2D eigenvalue weighted by atomic mass is 9.99. The fourth-order valence-corrected chi connectivity index (χ4v) is 2.46. The summed E-state index contributed by atoms with van der Waals surface area (Å²) in [6.07, 6.45) is 5.53. The van der Waals surface area contributed by atoms with E-state index in [0.29, 0.717) is 5.75 Å². The number of benzene rings is 1. The maximum Gasteiger partial charge on any atom is 0.314 e. The number of carbonyl (C=O) groups excluding carboxylic acids is 1. The van der Waals surface area contributed by atoms with E-state index >= 15 is 0 Å². The number of carbonyl (C=O) groups is 1. The summed E-state index contributed by atoms with van der Waals surface area (Å²) in [6.45, 7) is 4.19.